The van der Waals surface area contributed by atoms with E-state index in [-0.39, 0.29) is 5.91 Å². The second-order valence-corrected chi connectivity index (χ2v) is 3.65. The van der Waals surface area contributed by atoms with Crippen molar-refractivity contribution < 1.29 is 4.79 Å². The molecule has 1 fully saturated rings. The Morgan fingerprint density at radius 1 is 1.54 bits per heavy atom. The molecule has 0 aliphatic heterocycles. The zero-order chi connectivity index (χ0) is 9.68. The predicted octanol–water partition coefficient (Wildman–Crippen LogP) is 1.80. The molecule has 0 N–H and O–H groups in total. The van der Waals surface area contributed by atoms with E-state index in [1.165, 1.54) is 12.8 Å². The number of nitrogens with zero attached hydrogens (tertiary/aromatic N) is 1. The molecule has 2 heteroatoms. The lowest BCUT2D eigenvalue weighted by Crippen LogP contribution is -2.34. The van der Waals surface area contributed by atoms with E-state index < -0.39 is 0 Å². The molecule has 0 atom stereocenters. The highest BCUT2D eigenvalue weighted by Gasteiger charge is 2.22. The Balaban J connectivity index is 2.33. The summed E-state index contributed by atoms with van der Waals surface area (Å²) in [4.78, 5) is 13.4. The monoisotopic (exact) mass is 179 g/mol. The first-order valence-corrected chi connectivity index (χ1v) is 4.95. The van der Waals surface area contributed by atoms with Gasteiger partial charge in [0.05, 0.1) is 0 Å². The summed E-state index contributed by atoms with van der Waals surface area (Å²) in [6.45, 7) is 0. The van der Waals surface area contributed by atoms with Gasteiger partial charge in [0.15, 0.2) is 0 Å². The van der Waals surface area contributed by atoms with Crippen LogP contribution >= 0.6 is 0 Å². The molecule has 1 rings (SSSR count). The molecular formula is C11H17NO. The van der Waals surface area contributed by atoms with Crippen molar-refractivity contribution in [1.82, 2.24) is 4.90 Å². The zero-order valence-electron chi connectivity index (χ0n) is 8.25. The van der Waals surface area contributed by atoms with Gasteiger partial charge in [-0.05, 0) is 12.8 Å². The standard InChI is InChI=1S/C11H17NO/c1-3-4-9-11(13)12(2)10-7-5-6-8-10/h1,10H,4-9H2,2H3. The molecule has 0 unspecified atom stereocenters. The van der Waals surface area contributed by atoms with E-state index >= 15 is 0 Å². The van der Waals surface area contributed by atoms with Gasteiger partial charge < -0.3 is 4.90 Å². The number of hydrogen-bond donors (Lipinski definition) is 0. The van der Waals surface area contributed by atoms with Crippen LogP contribution in [0, 0.1) is 12.3 Å². The minimum atomic E-state index is 0.199. The number of amides is 1. The van der Waals surface area contributed by atoms with Crippen molar-refractivity contribution in [1.29, 1.82) is 0 Å². The summed E-state index contributed by atoms with van der Waals surface area (Å²) in [6, 6.07) is 0.477. The summed E-state index contributed by atoms with van der Waals surface area (Å²) < 4.78 is 0. The summed E-state index contributed by atoms with van der Waals surface area (Å²) in [5.74, 6) is 2.70. The van der Waals surface area contributed by atoms with Gasteiger partial charge >= 0.3 is 0 Å². The number of carbonyl (C=O) groups is 1. The Labute approximate surface area is 80.3 Å². The van der Waals surface area contributed by atoms with E-state index in [0.29, 0.717) is 18.9 Å². The largest absolute Gasteiger partial charge is 0.343 e. The van der Waals surface area contributed by atoms with Gasteiger partial charge in [0.1, 0.15) is 0 Å². The Morgan fingerprint density at radius 2 is 2.15 bits per heavy atom. The van der Waals surface area contributed by atoms with Gasteiger partial charge in [-0.15, -0.1) is 12.3 Å². The van der Waals surface area contributed by atoms with Gasteiger partial charge in [-0.25, -0.2) is 0 Å². The third-order valence-electron chi connectivity index (χ3n) is 2.75. The Kier molecular flexibility index (Phi) is 3.82. The molecule has 0 aromatic heterocycles. The minimum Gasteiger partial charge on any atom is -0.343 e. The maximum absolute atomic E-state index is 11.5. The average Bonchev–Trinajstić information content (AvgIpc) is 2.65. The number of hydrogen-bond acceptors (Lipinski definition) is 1. The van der Waals surface area contributed by atoms with Crippen molar-refractivity contribution in [2.45, 2.75) is 44.6 Å². The molecule has 2 nitrogen and oxygen atoms in total. The smallest absolute Gasteiger partial charge is 0.223 e. The van der Waals surface area contributed by atoms with Crippen molar-refractivity contribution in [3.8, 4) is 12.3 Å². The first-order chi connectivity index (χ1) is 6.25. The van der Waals surface area contributed by atoms with Crippen LogP contribution in [-0.2, 0) is 4.79 Å². The molecule has 0 heterocycles. The second kappa shape index (κ2) is 4.91. The van der Waals surface area contributed by atoms with Crippen molar-refractivity contribution in [2.24, 2.45) is 0 Å². The summed E-state index contributed by atoms with van der Waals surface area (Å²) in [5, 5.41) is 0. The highest BCUT2D eigenvalue weighted by atomic mass is 16.2. The van der Waals surface area contributed by atoms with Crippen LogP contribution in [0.3, 0.4) is 0 Å². The van der Waals surface area contributed by atoms with Gasteiger partial charge in [-0.3, -0.25) is 4.79 Å². The van der Waals surface area contributed by atoms with Gasteiger partial charge in [0.25, 0.3) is 0 Å². The normalized spacial score (nSPS) is 16.9. The van der Waals surface area contributed by atoms with Crippen LogP contribution < -0.4 is 0 Å². The molecule has 0 aromatic carbocycles. The number of rotatable bonds is 3. The lowest BCUT2D eigenvalue weighted by atomic mass is 10.2. The van der Waals surface area contributed by atoms with Crippen molar-refractivity contribution in [3.05, 3.63) is 0 Å². The topological polar surface area (TPSA) is 20.3 Å². The minimum absolute atomic E-state index is 0.199. The average molecular weight is 179 g/mol. The van der Waals surface area contributed by atoms with Crippen molar-refractivity contribution in [3.63, 3.8) is 0 Å². The maximum atomic E-state index is 11.5. The van der Waals surface area contributed by atoms with E-state index in [1.54, 1.807) is 0 Å². The summed E-state index contributed by atoms with van der Waals surface area (Å²) in [5.41, 5.74) is 0. The fourth-order valence-electron chi connectivity index (χ4n) is 1.85. The fraction of sp³-hybridized carbons (Fsp3) is 0.727. The van der Waals surface area contributed by atoms with Crippen LogP contribution in [0.15, 0.2) is 0 Å². The zero-order valence-corrected chi connectivity index (χ0v) is 8.25. The molecule has 0 saturated heterocycles. The second-order valence-electron chi connectivity index (χ2n) is 3.65. The van der Waals surface area contributed by atoms with Crippen molar-refractivity contribution >= 4 is 5.91 Å². The molecule has 13 heavy (non-hydrogen) atoms. The molecule has 1 amide bonds. The van der Waals surface area contributed by atoms with Crippen LogP contribution in [-0.4, -0.2) is 23.9 Å². The first kappa shape index (κ1) is 10.1. The Hall–Kier alpha value is -0.970. The molecule has 0 radical (unpaired) electrons. The summed E-state index contributed by atoms with van der Waals surface area (Å²) in [7, 11) is 1.90. The van der Waals surface area contributed by atoms with Crippen molar-refractivity contribution in [2.75, 3.05) is 7.05 Å². The van der Waals surface area contributed by atoms with Crippen LogP contribution in [0.2, 0.25) is 0 Å². The molecule has 1 aliphatic rings. The molecule has 0 aromatic rings. The van der Waals surface area contributed by atoms with Crippen LogP contribution in [0.25, 0.3) is 0 Å². The van der Waals surface area contributed by atoms with Crippen LogP contribution in [0.5, 0.6) is 0 Å². The summed E-state index contributed by atoms with van der Waals surface area (Å²) in [6.07, 6.45) is 11.0. The van der Waals surface area contributed by atoms with E-state index in [4.69, 9.17) is 6.42 Å². The molecule has 72 valence electrons. The van der Waals surface area contributed by atoms with Gasteiger partial charge in [0, 0.05) is 25.9 Å². The van der Waals surface area contributed by atoms with Gasteiger partial charge in [-0.2, -0.15) is 0 Å². The lowest BCUT2D eigenvalue weighted by Gasteiger charge is -2.23. The van der Waals surface area contributed by atoms with E-state index in [9.17, 15) is 4.79 Å². The molecule has 0 bridgehead atoms. The third-order valence-corrected chi connectivity index (χ3v) is 2.75. The van der Waals surface area contributed by atoms with Gasteiger partial charge in [0.2, 0.25) is 5.91 Å². The SMILES string of the molecule is C#CCCC(=O)N(C)C1CCCC1. The van der Waals surface area contributed by atoms with Crippen LogP contribution in [0.1, 0.15) is 38.5 Å². The van der Waals surface area contributed by atoms with Crippen LogP contribution in [0.4, 0.5) is 0 Å². The number of carbonyl (C=O) groups excluding carboxylic acids is 1. The fourth-order valence-corrected chi connectivity index (χ4v) is 1.85. The Bertz CT molecular complexity index is 211. The van der Waals surface area contributed by atoms with E-state index in [2.05, 4.69) is 5.92 Å². The number of terminal acetylenes is 1. The molecule has 0 spiro atoms. The quantitative estimate of drug-likeness (QED) is 0.605. The molecule has 1 saturated carbocycles. The highest BCUT2D eigenvalue weighted by molar-refractivity contribution is 5.76. The molecular weight excluding hydrogens is 162 g/mol. The maximum Gasteiger partial charge on any atom is 0.223 e. The lowest BCUT2D eigenvalue weighted by molar-refractivity contribution is -0.131. The third kappa shape index (κ3) is 2.77. The van der Waals surface area contributed by atoms with E-state index in [0.717, 1.165) is 12.8 Å². The highest BCUT2D eigenvalue weighted by Crippen LogP contribution is 2.22. The van der Waals surface area contributed by atoms with Gasteiger partial charge in [-0.1, -0.05) is 12.8 Å². The first-order valence-electron chi connectivity index (χ1n) is 4.95. The summed E-state index contributed by atoms with van der Waals surface area (Å²) >= 11 is 0. The molecule has 1 aliphatic carbocycles. The van der Waals surface area contributed by atoms with E-state index in [1.807, 2.05) is 11.9 Å². The predicted molar refractivity (Wildman–Crippen MR) is 53.1 cm³/mol. The Morgan fingerprint density at radius 3 is 2.69 bits per heavy atom.